The van der Waals surface area contributed by atoms with Crippen LogP contribution in [-0.4, -0.2) is 260 Å². The predicted molar refractivity (Wildman–Crippen MR) is 343 cm³/mol. The smallest absolute Gasteiger partial charge is 0.270 e. The molecule has 1 aliphatic carbocycles. The highest BCUT2D eigenvalue weighted by Gasteiger charge is 2.29. The zero-order valence-corrected chi connectivity index (χ0v) is 55.3. The van der Waals surface area contributed by atoms with Gasteiger partial charge in [-0.05, 0) is 0 Å². The summed E-state index contributed by atoms with van der Waals surface area (Å²) in [6.07, 6.45) is -1.25. The van der Waals surface area contributed by atoms with Crippen LogP contribution < -0.4 is 18.9 Å². The van der Waals surface area contributed by atoms with Crippen LogP contribution in [0.1, 0.15) is 44.5 Å². The zero-order valence-electron chi connectivity index (χ0n) is 55.3. The van der Waals surface area contributed by atoms with Gasteiger partial charge in [0.15, 0.2) is 0 Å². The lowest BCUT2D eigenvalue weighted by Crippen LogP contribution is -2.16. The third kappa shape index (κ3) is 30.6. The number of hydrogen-bond donors (Lipinski definition) is 0. The van der Waals surface area contributed by atoms with Gasteiger partial charge in [0.2, 0.25) is 0 Å². The fraction of sp³-hybridized carbons (Fsp3) is 0.625. The standard InChI is InChI=1S/C64H92N4O28/c1-77-5-9-81-13-17-85-21-25-89-29-33-93-61-49-37-51-43-58(66(71)72)45-53(62(51)94-34-30-90-26-22-86-18-14-82-10-6-78-2)39-55-47-60(68(75)76)48-56(64(55)96-36-32-92-28-24-88-20-16-84-12-8-80-4)40-54-46-59(67(73)74)44-52(38-50(61)42-57(41-49)65(69)70)63(54)95-35-31-91-27-23-87-19-15-83-11-7-79-3/h41-48H,5-40H2,1-4H3. The normalized spacial score (nSPS) is 12.0. The van der Waals surface area contributed by atoms with Gasteiger partial charge in [0.1, 0.15) is 49.4 Å². The highest BCUT2D eigenvalue weighted by molar-refractivity contribution is 5.62. The lowest BCUT2D eigenvalue weighted by atomic mass is 9.90. The van der Waals surface area contributed by atoms with E-state index in [1.54, 1.807) is 28.4 Å². The zero-order chi connectivity index (χ0) is 68.8. The first-order valence-corrected chi connectivity index (χ1v) is 31.5. The second-order valence-corrected chi connectivity index (χ2v) is 20.8. The summed E-state index contributed by atoms with van der Waals surface area (Å²) in [5, 5.41) is 52.3. The number of rotatable bonds is 56. The number of benzene rings is 4. The number of ether oxygens (including phenoxy) is 20. The molecule has 32 heteroatoms. The lowest BCUT2D eigenvalue weighted by molar-refractivity contribution is -0.385. The third-order valence-corrected chi connectivity index (χ3v) is 13.9. The summed E-state index contributed by atoms with van der Waals surface area (Å²) in [5.41, 5.74) is -0.367. The molecular formula is C64H92N4O28. The van der Waals surface area contributed by atoms with Crippen molar-refractivity contribution in [2.24, 2.45) is 0 Å². The quantitative estimate of drug-likeness (QED) is 0.0234. The summed E-state index contributed by atoms with van der Waals surface area (Å²) < 4.78 is 114. The molecule has 0 saturated heterocycles. The highest BCUT2D eigenvalue weighted by atomic mass is 16.6. The number of non-ortho nitro benzene ring substituents is 4. The summed E-state index contributed by atoms with van der Waals surface area (Å²) in [6.45, 7) is 6.94. The van der Waals surface area contributed by atoms with E-state index in [1.807, 2.05) is 0 Å². The first-order valence-electron chi connectivity index (χ1n) is 31.5. The number of methoxy groups -OCH3 is 4. The van der Waals surface area contributed by atoms with Crippen molar-refractivity contribution < 1.29 is 114 Å². The van der Waals surface area contributed by atoms with Crippen LogP contribution >= 0.6 is 0 Å². The van der Waals surface area contributed by atoms with Crippen molar-refractivity contribution in [1.82, 2.24) is 0 Å². The van der Waals surface area contributed by atoms with Gasteiger partial charge in [0.05, 0.1) is 205 Å². The summed E-state index contributed by atoms with van der Waals surface area (Å²) in [7, 11) is 6.29. The molecule has 0 amide bonds. The summed E-state index contributed by atoms with van der Waals surface area (Å²) in [4.78, 5) is 49.9. The van der Waals surface area contributed by atoms with Crippen LogP contribution in [0.3, 0.4) is 0 Å². The van der Waals surface area contributed by atoms with Crippen molar-refractivity contribution in [3.05, 3.63) is 133 Å². The average Bonchev–Trinajstić information content (AvgIpc) is 0.777. The average molecular weight is 1370 g/mol. The summed E-state index contributed by atoms with van der Waals surface area (Å²) in [6, 6.07) is 10.2. The van der Waals surface area contributed by atoms with Gasteiger partial charge < -0.3 is 94.7 Å². The fourth-order valence-corrected chi connectivity index (χ4v) is 9.53. The van der Waals surface area contributed by atoms with Gasteiger partial charge in [0, 0.05) is 147 Å². The van der Waals surface area contributed by atoms with Crippen LogP contribution in [0.25, 0.3) is 0 Å². The molecule has 0 atom stereocenters. The van der Waals surface area contributed by atoms with Gasteiger partial charge in [-0.15, -0.1) is 0 Å². The van der Waals surface area contributed by atoms with E-state index in [1.165, 1.54) is 48.5 Å². The molecule has 8 bridgehead atoms. The number of hydrogen-bond acceptors (Lipinski definition) is 28. The second kappa shape index (κ2) is 48.7. The van der Waals surface area contributed by atoms with Gasteiger partial charge in [0.25, 0.3) is 22.7 Å². The maximum absolute atomic E-state index is 13.1. The molecule has 0 fully saturated rings. The van der Waals surface area contributed by atoms with Crippen LogP contribution in [-0.2, 0) is 101 Å². The van der Waals surface area contributed by atoms with Gasteiger partial charge in [-0.1, -0.05) is 0 Å². The van der Waals surface area contributed by atoms with Crippen LogP contribution in [0, 0.1) is 40.5 Å². The summed E-state index contributed by atoms with van der Waals surface area (Å²) >= 11 is 0. The topological polar surface area (TPSA) is 357 Å². The molecule has 0 aromatic heterocycles. The minimum absolute atomic E-state index is 0.00466. The van der Waals surface area contributed by atoms with E-state index in [0.29, 0.717) is 106 Å². The van der Waals surface area contributed by atoms with Crippen molar-refractivity contribution in [3.63, 3.8) is 0 Å². The second-order valence-electron chi connectivity index (χ2n) is 20.8. The Morgan fingerprint density at radius 2 is 0.354 bits per heavy atom. The molecule has 32 nitrogen and oxygen atoms in total. The van der Waals surface area contributed by atoms with Crippen LogP contribution in [0.2, 0.25) is 0 Å². The molecule has 0 radical (unpaired) electrons. The number of nitro benzene ring substituents is 4. The van der Waals surface area contributed by atoms with E-state index in [9.17, 15) is 40.5 Å². The maximum Gasteiger partial charge on any atom is 0.270 e. The van der Waals surface area contributed by atoms with Crippen molar-refractivity contribution in [2.75, 3.05) is 240 Å². The molecule has 96 heavy (non-hydrogen) atoms. The molecule has 0 aliphatic heterocycles. The fourth-order valence-electron chi connectivity index (χ4n) is 9.53. The Morgan fingerprint density at radius 3 is 0.479 bits per heavy atom. The summed E-state index contributed by atoms with van der Waals surface area (Å²) in [5.74, 6) is 0.374. The number of nitro groups is 4. The molecule has 0 N–H and O–H groups in total. The van der Waals surface area contributed by atoms with E-state index in [0.717, 1.165) is 0 Å². The Kier molecular flexibility index (Phi) is 40.4. The lowest BCUT2D eigenvalue weighted by Gasteiger charge is -2.23. The highest BCUT2D eigenvalue weighted by Crippen LogP contribution is 2.43. The predicted octanol–water partition coefficient (Wildman–Crippen LogP) is 6.30. The van der Waals surface area contributed by atoms with E-state index in [2.05, 4.69) is 0 Å². The van der Waals surface area contributed by atoms with Crippen molar-refractivity contribution >= 4 is 22.7 Å². The molecule has 1 aliphatic rings. The Balaban J connectivity index is 1.64. The molecule has 0 saturated carbocycles. The van der Waals surface area contributed by atoms with Gasteiger partial charge in [-0.3, -0.25) is 40.5 Å². The van der Waals surface area contributed by atoms with Crippen LogP contribution in [0.15, 0.2) is 48.5 Å². The van der Waals surface area contributed by atoms with Gasteiger partial charge in [-0.25, -0.2) is 0 Å². The Hall–Kier alpha value is -6.96. The van der Waals surface area contributed by atoms with Gasteiger partial charge >= 0.3 is 0 Å². The molecule has 5 rings (SSSR count). The largest absolute Gasteiger partial charge is 0.491 e. The molecule has 4 aromatic rings. The van der Waals surface area contributed by atoms with E-state index in [-0.39, 0.29) is 199 Å². The number of nitrogens with zero attached hydrogens (tertiary/aromatic N) is 4. The number of fused-ring (bicyclic) bond motifs is 8. The molecule has 0 heterocycles. The molecule has 0 unspecified atom stereocenters. The Bertz CT molecular complexity index is 2430. The van der Waals surface area contributed by atoms with Crippen LogP contribution in [0.4, 0.5) is 22.7 Å². The van der Waals surface area contributed by atoms with Crippen molar-refractivity contribution in [2.45, 2.75) is 25.7 Å². The minimum atomic E-state index is -0.611. The first kappa shape index (κ1) is 79.7. The maximum atomic E-state index is 13.1. The molecule has 0 spiro atoms. The van der Waals surface area contributed by atoms with Crippen molar-refractivity contribution in [1.29, 1.82) is 0 Å². The monoisotopic (exact) mass is 1360 g/mol. The van der Waals surface area contributed by atoms with E-state index in [4.69, 9.17) is 94.7 Å². The third-order valence-electron chi connectivity index (χ3n) is 13.9. The molecule has 4 aromatic carbocycles. The van der Waals surface area contributed by atoms with E-state index < -0.39 is 42.4 Å². The minimum Gasteiger partial charge on any atom is -0.491 e. The van der Waals surface area contributed by atoms with Crippen molar-refractivity contribution in [3.8, 4) is 23.0 Å². The van der Waals surface area contributed by atoms with E-state index >= 15 is 0 Å². The van der Waals surface area contributed by atoms with Gasteiger partial charge in [-0.2, -0.15) is 0 Å². The van der Waals surface area contributed by atoms with Crippen LogP contribution in [0.5, 0.6) is 23.0 Å². The molecule has 536 valence electrons. The Morgan fingerprint density at radius 1 is 0.229 bits per heavy atom. The first-order chi connectivity index (χ1) is 46.9. The molecular weight excluding hydrogens is 1270 g/mol. The Labute approximate surface area is 557 Å². The SMILES string of the molecule is COCCOCCOCCOCCOc1c2cc([N+](=O)[O-])cc1Cc1cc([N+](=O)[O-])cc(c1OCCOCCOCCOCCOC)Cc1cc([N+](=O)[O-])cc(c1OCCOCCOCCOCCOC)Cc1cc([N+](=O)[O-])cc(c1OCCOCCOCCOCCOC)C2.